The van der Waals surface area contributed by atoms with Gasteiger partial charge in [-0.25, -0.2) is 9.18 Å². The van der Waals surface area contributed by atoms with Crippen LogP contribution in [0, 0.1) is 5.82 Å². The van der Waals surface area contributed by atoms with Crippen molar-refractivity contribution in [2.45, 2.75) is 50.1 Å². The number of hydrogen-bond donors (Lipinski definition) is 0. The van der Waals surface area contributed by atoms with Crippen molar-refractivity contribution in [3.8, 4) is 11.1 Å². The summed E-state index contributed by atoms with van der Waals surface area (Å²) >= 11 is 0. The zero-order valence-corrected chi connectivity index (χ0v) is 19.1. The van der Waals surface area contributed by atoms with Gasteiger partial charge in [0.15, 0.2) is 0 Å². The van der Waals surface area contributed by atoms with E-state index < -0.39 is 0 Å². The summed E-state index contributed by atoms with van der Waals surface area (Å²) in [6, 6.07) is 23.8. The van der Waals surface area contributed by atoms with E-state index in [-0.39, 0.29) is 29.9 Å². The van der Waals surface area contributed by atoms with Gasteiger partial charge in [0, 0.05) is 12.0 Å². The van der Waals surface area contributed by atoms with Gasteiger partial charge in [0.2, 0.25) is 0 Å². The van der Waals surface area contributed by atoms with Crippen LogP contribution in [-0.2, 0) is 11.2 Å². The largest absolute Gasteiger partial charge is 0.448 e. The van der Waals surface area contributed by atoms with Crippen molar-refractivity contribution < 1.29 is 13.9 Å². The average Bonchev–Trinajstić information content (AvgIpc) is 3.17. The van der Waals surface area contributed by atoms with Gasteiger partial charge in [-0.05, 0) is 72.1 Å². The third-order valence-corrected chi connectivity index (χ3v) is 7.61. The lowest BCUT2D eigenvalue weighted by atomic mass is 9.83. The Balaban J connectivity index is 1.18. The monoisotopic (exact) mass is 453 g/mol. The fourth-order valence-electron chi connectivity index (χ4n) is 6.07. The highest BCUT2D eigenvalue weighted by Crippen LogP contribution is 2.45. The summed E-state index contributed by atoms with van der Waals surface area (Å²) in [6.07, 6.45) is 6.82. The summed E-state index contributed by atoms with van der Waals surface area (Å²) in [7, 11) is 0. The van der Waals surface area contributed by atoms with Crippen LogP contribution >= 0.6 is 0 Å². The number of fused-ring (bicyclic) bond motifs is 5. The Morgan fingerprint density at radius 2 is 1.59 bits per heavy atom. The molecule has 2 unspecified atom stereocenters. The molecule has 3 nitrogen and oxygen atoms in total. The predicted octanol–water partition coefficient (Wildman–Crippen LogP) is 6.87. The Bertz CT molecular complexity index is 1200. The highest BCUT2D eigenvalue weighted by Gasteiger charge is 2.38. The first-order valence-electron chi connectivity index (χ1n) is 12.2. The fraction of sp³-hybridized carbons (Fsp3) is 0.300. The molecule has 34 heavy (non-hydrogen) atoms. The van der Waals surface area contributed by atoms with Crippen LogP contribution in [0.25, 0.3) is 11.1 Å². The first-order chi connectivity index (χ1) is 16.7. The van der Waals surface area contributed by atoms with Crippen LogP contribution in [-0.4, -0.2) is 29.7 Å². The molecule has 0 radical (unpaired) electrons. The Kier molecular flexibility index (Phi) is 5.44. The van der Waals surface area contributed by atoms with Gasteiger partial charge in [0.25, 0.3) is 0 Å². The number of rotatable bonds is 4. The zero-order valence-electron chi connectivity index (χ0n) is 19.1. The summed E-state index contributed by atoms with van der Waals surface area (Å²) in [4.78, 5) is 15.3. The molecule has 0 spiro atoms. The lowest BCUT2D eigenvalue weighted by Gasteiger charge is -2.44. The van der Waals surface area contributed by atoms with E-state index in [1.807, 2.05) is 17.0 Å². The first-order valence-corrected chi connectivity index (χ1v) is 12.2. The van der Waals surface area contributed by atoms with Gasteiger partial charge >= 0.3 is 6.09 Å². The van der Waals surface area contributed by atoms with E-state index in [9.17, 15) is 9.18 Å². The number of halogens is 1. The van der Waals surface area contributed by atoms with E-state index >= 15 is 0 Å². The smallest absolute Gasteiger partial charge is 0.410 e. The molecule has 3 aromatic rings. The quantitative estimate of drug-likeness (QED) is 0.404. The summed E-state index contributed by atoms with van der Waals surface area (Å²) in [5.74, 6) is -0.134. The van der Waals surface area contributed by atoms with Crippen LogP contribution in [0.5, 0.6) is 0 Å². The van der Waals surface area contributed by atoms with E-state index in [2.05, 4.69) is 54.6 Å². The van der Waals surface area contributed by atoms with Crippen LogP contribution in [0.15, 0.2) is 84.4 Å². The molecule has 0 N–H and O–H groups in total. The van der Waals surface area contributed by atoms with Crippen molar-refractivity contribution in [1.82, 2.24) is 4.90 Å². The van der Waals surface area contributed by atoms with Crippen molar-refractivity contribution in [3.05, 3.63) is 107 Å². The fourth-order valence-corrected chi connectivity index (χ4v) is 6.07. The minimum absolute atomic E-state index is 0.0746. The highest BCUT2D eigenvalue weighted by atomic mass is 19.1. The van der Waals surface area contributed by atoms with Gasteiger partial charge in [0.05, 0.1) is 6.04 Å². The standard InChI is InChI=1S/C30H28FNO2/c31-22-14-12-20(13-15-22)16-21-17-23-6-5-7-24(18-21)32(23)30(33)34-19-29-27-10-3-1-8-25(27)26-9-2-4-11-28(26)29/h1-4,8-15,17,23-24,29H,5-7,16,18-19H2. The maximum absolute atomic E-state index is 13.3. The van der Waals surface area contributed by atoms with Gasteiger partial charge in [-0.1, -0.05) is 72.3 Å². The highest BCUT2D eigenvalue weighted by molar-refractivity contribution is 5.79. The SMILES string of the molecule is O=C(OCC1c2ccccc2-c2ccccc21)N1C2C=C(Cc3ccc(F)cc3)CC1CCC2. The Labute approximate surface area is 199 Å². The molecule has 172 valence electrons. The van der Waals surface area contributed by atoms with Crippen LogP contribution < -0.4 is 0 Å². The van der Waals surface area contributed by atoms with Gasteiger partial charge in [0.1, 0.15) is 12.4 Å². The second-order valence-electron chi connectivity index (χ2n) is 9.70. The van der Waals surface area contributed by atoms with E-state index in [0.717, 1.165) is 37.7 Å². The number of nitrogens with zero attached hydrogens (tertiary/aromatic N) is 1. The van der Waals surface area contributed by atoms with Gasteiger partial charge in [-0.3, -0.25) is 4.90 Å². The lowest BCUT2D eigenvalue weighted by molar-refractivity contribution is 0.0509. The van der Waals surface area contributed by atoms with Crippen LogP contribution in [0.4, 0.5) is 9.18 Å². The number of benzene rings is 3. The Morgan fingerprint density at radius 3 is 2.26 bits per heavy atom. The number of hydrogen-bond acceptors (Lipinski definition) is 2. The summed E-state index contributed by atoms with van der Waals surface area (Å²) in [6.45, 7) is 0.356. The molecule has 0 aromatic heterocycles. The third kappa shape index (κ3) is 3.81. The Morgan fingerprint density at radius 1 is 0.912 bits per heavy atom. The summed E-state index contributed by atoms with van der Waals surface area (Å²) in [5.41, 5.74) is 7.39. The molecule has 3 aliphatic rings. The second-order valence-corrected chi connectivity index (χ2v) is 9.70. The predicted molar refractivity (Wildman–Crippen MR) is 131 cm³/mol. The molecule has 4 heteroatoms. The number of amides is 1. The van der Waals surface area contributed by atoms with Crippen LogP contribution in [0.3, 0.4) is 0 Å². The lowest BCUT2D eigenvalue weighted by Crippen LogP contribution is -2.52. The van der Waals surface area contributed by atoms with Gasteiger partial charge < -0.3 is 4.74 Å². The first kappa shape index (κ1) is 21.2. The minimum atomic E-state index is -0.209. The third-order valence-electron chi connectivity index (χ3n) is 7.61. The van der Waals surface area contributed by atoms with E-state index in [1.54, 1.807) is 0 Å². The number of carbonyl (C=O) groups is 1. The average molecular weight is 454 g/mol. The topological polar surface area (TPSA) is 29.5 Å². The van der Waals surface area contributed by atoms with E-state index in [0.29, 0.717) is 6.61 Å². The molecule has 1 fully saturated rings. The molecule has 3 aromatic carbocycles. The van der Waals surface area contributed by atoms with Crippen molar-refractivity contribution in [2.24, 2.45) is 0 Å². The maximum Gasteiger partial charge on any atom is 0.410 e. The van der Waals surface area contributed by atoms with Crippen molar-refractivity contribution in [2.75, 3.05) is 6.61 Å². The summed E-state index contributed by atoms with van der Waals surface area (Å²) in [5, 5.41) is 0. The summed E-state index contributed by atoms with van der Waals surface area (Å²) < 4.78 is 19.3. The van der Waals surface area contributed by atoms with Crippen molar-refractivity contribution in [1.29, 1.82) is 0 Å². The van der Waals surface area contributed by atoms with E-state index in [4.69, 9.17) is 4.74 Å². The molecular weight excluding hydrogens is 425 g/mol. The van der Waals surface area contributed by atoms with Gasteiger partial charge in [-0.2, -0.15) is 0 Å². The van der Waals surface area contributed by atoms with Crippen LogP contribution in [0.1, 0.15) is 48.3 Å². The Hall–Kier alpha value is -3.40. The molecule has 1 saturated heterocycles. The molecule has 6 rings (SSSR count). The van der Waals surface area contributed by atoms with Gasteiger partial charge in [-0.15, -0.1) is 0 Å². The normalized spacial score (nSPS) is 21.0. The molecule has 1 amide bonds. The number of piperidine rings is 1. The maximum atomic E-state index is 13.3. The second kappa shape index (κ2) is 8.75. The van der Waals surface area contributed by atoms with Crippen LogP contribution in [0.2, 0.25) is 0 Å². The molecule has 2 atom stereocenters. The molecule has 2 aliphatic heterocycles. The minimum Gasteiger partial charge on any atom is -0.448 e. The zero-order chi connectivity index (χ0) is 23.1. The van der Waals surface area contributed by atoms with Crippen molar-refractivity contribution in [3.63, 3.8) is 0 Å². The van der Waals surface area contributed by atoms with E-state index in [1.165, 1.54) is 40.0 Å². The molecule has 1 aliphatic carbocycles. The van der Waals surface area contributed by atoms with Crippen molar-refractivity contribution >= 4 is 6.09 Å². The number of ether oxygens (including phenoxy) is 1. The molecule has 0 saturated carbocycles. The molecule has 2 heterocycles. The molecular formula is C30H28FNO2. The number of carbonyl (C=O) groups excluding carboxylic acids is 1. The molecule has 2 bridgehead atoms.